The van der Waals surface area contributed by atoms with Crippen LogP contribution < -0.4 is 5.73 Å². The van der Waals surface area contributed by atoms with E-state index in [1.165, 1.54) is 19.3 Å². The summed E-state index contributed by atoms with van der Waals surface area (Å²) >= 11 is 0. The molecule has 1 atom stereocenters. The molecule has 2 aromatic rings. The van der Waals surface area contributed by atoms with Gasteiger partial charge in [-0.2, -0.15) is 4.98 Å². The van der Waals surface area contributed by atoms with Crippen molar-refractivity contribution in [1.82, 2.24) is 10.1 Å². The van der Waals surface area contributed by atoms with Crippen LogP contribution in [0.1, 0.15) is 49.6 Å². The van der Waals surface area contributed by atoms with Gasteiger partial charge in [-0.3, -0.25) is 0 Å². The quantitative estimate of drug-likeness (QED) is 0.917. The lowest BCUT2D eigenvalue weighted by atomic mass is 9.84. The smallest absolute Gasteiger partial charge is 0.244 e. The molecule has 3 rings (SSSR count). The van der Waals surface area contributed by atoms with Crippen molar-refractivity contribution in [3.8, 4) is 11.6 Å². The summed E-state index contributed by atoms with van der Waals surface area (Å²) in [4.78, 5) is 4.39. The van der Waals surface area contributed by atoms with Gasteiger partial charge in [-0.1, -0.05) is 24.4 Å². The van der Waals surface area contributed by atoms with Crippen LogP contribution in [0.2, 0.25) is 0 Å². The molecule has 2 aromatic heterocycles. The molecule has 19 heavy (non-hydrogen) atoms. The average Bonchev–Trinajstić information content (AvgIpc) is 3.07. The lowest BCUT2D eigenvalue weighted by Gasteiger charge is -2.24. The highest BCUT2D eigenvalue weighted by Crippen LogP contribution is 2.33. The first-order valence-electron chi connectivity index (χ1n) is 6.89. The summed E-state index contributed by atoms with van der Waals surface area (Å²) in [6.45, 7) is 1.95. The summed E-state index contributed by atoms with van der Waals surface area (Å²) in [6, 6.07) is 1.73. The topological polar surface area (TPSA) is 78.1 Å². The molecule has 0 spiro atoms. The molecule has 0 aliphatic heterocycles. The van der Waals surface area contributed by atoms with Crippen LogP contribution in [0.25, 0.3) is 11.6 Å². The molecule has 2 N–H and O–H groups in total. The Bertz CT molecular complexity index is 540. The Labute approximate surface area is 112 Å². The normalized spacial score (nSPS) is 18.6. The molecule has 1 aliphatic carbocycles. The van der Waals surface area contributed by atoms with Gasteiger partial charge in [0, 0.05) is 0 Å². The molecule has 1 fully saturated rings. The Morgan fingerprint density at radius 1 is 1.32 bits per heavy atom. The SMILES string of the molecule is Cc1ccoc1-c1noc(C(N)C2CCCCC2)n1. The minimum atomic E-state index is -0.156. The van der Waals surface area contributed by atoms with Crippen LogP contribution in [0.15, 0.2) is 21.3 Å². The van der Waals surface area contributed by atoms with Crippen LogP contribution >= 0.6 is 0 Å². The van der Waals surface area contributed by atoms with Crippen molar-refractivity contribution in [1.29, 1.82) is 0 Å². The maximum absolute atomic E-state index is 6.25. The van der Waals surface area contributed by atoms with Gasteiger partial charge in [-0.05, 0) is 37.3 Å². The fraction of sp³-hybridized carbons (Fsp3) is 0.571. The van der Waals surface area contributed by atoms with Gasteiger partial charge in [-0.25, -0.2) is 0 Å². The monoisotopic (exact) mass is 261 g/mol. The summed E-state index contributed by atoms with van der Waals surface area (Å²) in [5.74, 6) is 2.13. The van der Waals surface area contributed by atoms with Crippen LogP contribution in [-0.4, -0.2) is 10.1 Å². The molecule has 0 radical (unpaired) electrons. The molecule has 5 heteroatoms. The van der Waals surface area contributed by atoms with Crippen molar-refractivity contribution in [3.63, 3.8) is 0 Å². The number of aromatic nitrogens is 2. The zero-order valence-corrected chi connectivity index (χ0v) is 11.1. The minimum Gasteiger partial charge on any atom is -0.461 e. The Morgan fingerprint density at radius 2 is 2.11 bits per heavy atom. The van der Waals surface area contributed by atoms with E-state index in [1.807, 2.05) is 13.0 Å². The molecular formula is C14H19N3O2. The van der Waals surface area contributed by atoms with Gasteiger partial charge in [0.2, 0.25) is 11.7 Å². The third-order valence-corrected chi connectivity index (χ3v) is 3.95. The predicted octanol–water partition coefficient (Wildman–Crippen LogP) is 3.22. The average molecular weight is 261 g/mol. The van der Waals surface area contributed by atoms with Crippen LogP contribution in [-0.2, 0) is 0 Å². The fourth-order valence-corrected chi connectivity index (χ4v) is 2.76. The van der Waals surface area contributed by atoms with Crippen molar-refractivity contribution < 1.29 is 8.94 Å². The van der Waals surface area contributed by atoms with Crippen LogP contribution in [0.3, 0.4) is 0 Å². The van der Waals surface area contributed by atoms with E-state index in [1.54, 1.807) is 6.26 Å². The second-order valence-corrected chi connectivity index (χ2v) is 5.31. The van der Waals surface area contributed by atoms with Gasteiger partial charge in [0.1, 0.15) is 0 Å². The molecule has 2 heterocycles. The van der Waals surface area contributed by atoms with Crippen molar-refractivity contribution in [2.45, 2.75) is 45.1 Å². The van der Waals surface area contributed by atoms with E-state index in [0.29, 0.717) is 23.4 Å². The summed E-state index contributed by atoms with van der Waals surface area (Å²) in [6.07, 6.45) is 7.73. The van der Waals surface area contributed by atoms with E-state index in [4.69, 9.17) is 14.7 Å². The van der Waals surface area contributed by atoms with E-state index in [0.717, 1.165) is 18.4 Å². The molecular weight excluding hydrogens is 242 g/mol. The van der Waals surface area contributed by atoms with Crippen molar-refractivity contribution in [2.75, 3.05) is 0 Å². The number of nitrogens with zero attached hydrogens (tertiary/aromatic N) is 2. The number of hydrogen-bond acceptors (Lipinski definition) is 5. The molecule has 102 valence electrons. The van der Waals surface area contributed by atoms with Gasteiger partial charge in [0.25, 0.3) is 0 Å². The van der Waals surface area contributed by atoms with Crippen molar-refractivity contribution in [3.05, 3.63) is 23.8 Å². The molecule has 0 bridgehead atoms. The van der Waals surface area contributed by atoms with E-state index < -0.39 is 0 Å². The summed E-state index contributed by atoms with van der Waals surface area (Å²) in [7, 11) is 0. The third-order valence-electron chi connectivity index (χ3n) is 3.95. The molecule has 5 nitrogen and oxygen atoms in total. The number of aryl methyl sites for hydroxylation is 1. The third kappa shape index (κ3) is 2.42. The highest BCUT2D eigenvalue weighted by Gasteiger charge is 2.27. The van der Waals surface area contributed by atoms with Crippen LogP contribution in [0.5, 0.6) is 0 Å². The van der Waals surface area contributed by atoms with Crippen molar-refractivity contribution in [2.24, 2.45) is 11.7 Å². The highest BCUT2D eigenvalue weighted by atomic mass is 16.5. The number of rotatable bonds is 3. The lowest BCUT2D eigenvalue weighted by Crippen LogP contribution is -2.23. The number of hydrogen-bond donors (Lipinski definition) is 1. The summed E-state index contributed by atoms with van der Waals surface area (Å²) in [5.41, 5.74) is 7.25. The number of furan rings is 1. The van der Waals surface area contributed by atoms with Crippen molar-refractivity contribution >= 4 is 0 Å². The second kappa shape index (κ2) is 5.17. The molecule has 0 saturated heterocycles. The molecule has 0 aromatic carbocycles. The van der Waals surface area contributed by atoms with E-state index >= 15 is 0 Å². The number of nitrogens with two attached hydrogens (primary N) is 1. The second-order valence-electron chi connectivity index (χ2n) is 5.31. The standard InChI is InChI=1S/C14H19N3O2/c1-9-7-8-18-12(9)13-16-14(19-17-13)11(15)10-5-3-2-4-6-10/h7-8,10-11H,2-6,15H2,1H3. The van der Waals surface area contributed by atoms with Gasteiger partial charge < -0.3 is 14.7 Å². The van der Waals surface area contributed by atoms with E-state index in [2.05, 4.69) is 10.1 Å². The first kappa shape index (κ1) is 12.4. The molecule has 1 saturated carbocycles. The van der Waals surface area contributed by atoms with Gasteiger partial charge in [-0.15, -0.1) is 0 Å². The largest absolute Gasteiger partial charge is 0.461 e. The Morgan fingerprint density at radius 3 is 2.79 bits per heavy atom. The molecule has 0 amide bonds. The van der Waals surface area contributed by atoms with E-state index in [-0.39, 0.29) is 6.04 Å². The molecule has 1 aliphatic rings. The van der Waals surface area contributed by atoms with Gasteiger partial charge >= 0.3 is 0 Å². The Balaban J connectivity index is 1.79. The highest BCUT2D eigenvalue weighted by molar-refractivity contribution is 5.51. The Hall–Kier alpha value is -1.62. The maximum atomic E-state index is 6.25. The van der Waals surface area contributed by atoms with E-state index in [9.17, 15) is 0 Å². The lowest BCUT2D eigenvalue weighted by molar-refractivity contribution is 0.255. The fourth-order valence-electron chi connectivity index (χ4n) is 2.76. The first-order valence-corrected chi connectivity index (χ1v) is 6.89. The predicted molar refractivity (Wildman–Crippen MR) is 70.2 cm³/mol. The van der Waals surface area contributed by atoms with Gasteiger partial charge in [0.05, 0.1) is 12.3 Å². The molecule has 1 unspecified atom stereocenters. The van der Waals surface area contributed by atoms with Crippen LogP contribution in [0.4, 0.5) is 0 Å². The van der Waals surface area contributed by atoms with Crippen LogP contribution in [0, 0.1) is 12.8 Å². The first-order chi connectivity index (χ1) is 9.25. The van der Waals surface area contributed by atoms with Gasteiger partial charge in [0.15, 0.2) is 5.76 Å². The summed E-state index contributed by atoms with van der Waals surface area (Å²) < 4.78 is 10.7. The Kier molecular flexibility index (Phi) is 3.38. The maximum Gasteiger partial charge on any atom is 0.244 e. The zero-order valence-electron chi connectivity index (χ0n) is 11.1. The summed E-state index contributed by atoms with van der Waals surface area (Å²) in [5, 5.41) is 3.98. The minimum absolute atomic E-state index is 0.156. The zero-order chi connectivity index (χ0) is 13.2.